The minimum absolute atomic E-state index is 0.356. The third-order valence-electron chi connectivity index (χ3n) is 2.59. The fourth-order valence-electron chi connectivity index (χ4n) is 1.58. The van der Waals surface area contributed by atoms with Crippen molar-refractivity contribution in [2.45, 2.75) is 13.0 Å². The van der Waals surface area contributed by atoms with Gasteiger partial charge in [-0.3, -0.25) is 4.79 Å². The number of carbonyl (C=O) groups is 1. The van der Waals surface area contributed by atoms with Crippen LogP contribution in [0.2, 0.25) is 5.02 Å². The molecule has 0 radical (unpaired) electrons. The zero-order valence-electron chi connectivity index (χ0n) is 10.8. The molecule has 0 aromatic heterocycles. The van der Waals surface area contributed by atoms with E-state index in [1.54, 1.807) is 37.3 Å². The Bertz CT molecular complexity index is 601. The Morgan fingerprint density at radius 1 is 1.25 bits per heavy atom. The monoisotopic (exact) mass is 293 g/mol. The van der Waals surface area contributed by atoms with E-state index in [2.05, 4.69) is 5.32 Å². The van der Waals surface area contributed by atoms with Crippen molar-refractivity contribution in [3.63, 3.8) is 0 Å². The fourth-order valence-corrected chi connectivity index (χ4v) is 1.71. The Balaban J connectivity index is 1.96. The summed E-state index contributed by atoms with van der Waals surface area (Å²) in [5.41, 5.74) is 0.390. The molecule has 0 heterocycles. The lowest BCUT2D eigenvalue weighted by Gasteiger charge is -2.14. The molecule has 2 aromatic carbocycles. The quantitative estimate of drug-likeness (QED) is 0.929. The Morgan fingerprint density at radius 3 is 2.60 bits per heavy atom. The molecule has 0 aliphatic heterocycles. The summed E-state index contributed by atoms with van der Waals surface area (Å²) in [6.45, 7) is 1.61. The molecule has 0 saturated carbocycles. The summed E-state index contributed by atoms with van der Waals surface area (Å²) in [4.78, 5) is 11.9. The number of carbonyl (C=O) groups excluding carboxylic acids is 1. The highest BCUT2D eigenvalue weighted by Crippen LogP contribution is 2.17. The summed E-state index contributed by atoms with van der Waals surface area (Å²) >= 11 is 5.76. The van der Waals surface area contributed by atoms with Gasteiger partial charge in [-0.15, -0.1) is 0 Å². The van der Waals surface area contributed by atoms with E-state index in [4.69, 9.17) is 16.3 Å². The van der Waals surface area contributed by atoms with E-state index in [1.165, 1.54) is 18.2 Å². The van der Waals surface area contributed by atoms with Gasteiger partial charge in [-0.05, 0) is 49.4 Å². The van der Waals surface area contributed by atoms with Crippen molar-refractivity contribution < 1.29 is 13.9 Å². The second kappa shape index (κ2) is 6.39. The Morgan fingerprint density at radius 2 is 1.95 bits per heavy atom. The molecule has 2 rings (SSSR count). The van der Waals surface area contributed by atoms with E-state index < -0.39 is 11.9 Å². The molecule has 3 nitrogen and oxygen atoms in total. The van der Waals surface area contributed by atoms with Gasteiger partial charge in [0, 0.05) is 10.7 Å². The molecule has 104 valence electrons. The molecular weight excluding hydrogens is 281 g/mol. The molecule has 0 fully saturated rings. The molecule has 1 N–H and O–H groups in total. The topological polar surface area (TPSA) is 38.3 Å². The number of hydrogen-bond donors (Lipinski definition) is 1. The zero-order chi connectivity index (χ0) is 14.5. The Hall–Kier alpha value is -2.07. The lowest BCUT2D eigenvalue weighted by molar-refractivity contribution is -0.122. The fraction of sp³-hybridized carbons (Fsp3) is 0.133. The van der Waals surface area contributed by atoms with Crippen molar-refractivity contribution >= 4 is 23.2 Å². The van der Waals surface area contributed by atoms with Gasteiger partial charge in [0.1, 0.15) is 11.6 Å². The number of benzene rings is 2. The number of rotatable bonds is 4. The van der Waals surface area contributed by atoms with Crippen molar-refractivity contribution in [3.8, 4) is 5.75 Å². The van der Waals surface area contributed by atoms with Gasteiger partial charge in [0.2, 0.25) is 0 Å². The van der Waals surface area contributed by atoms with E-state index in [9.17, 15) is 9.18 Å². The maximum Gasteiger partial charge on any atom is 0.265 e. The molecule has 0 aliphatic rings. The van der Waals surface area contributed by atoms with E-state index >= 15 is 0 Å². The largest absolute Gasteiger partial charge is 0.481 e. The molecule has 1 atom stereocenters. The number of halogens is 2. The average molecular weight is 294 g/mol. The van der Waals surface area contributed by atoms with Crippen LogP contribution in [0, 0.1) is 5.82 Å². The minimum Gasteiger partial charge on any atom is -0.481 e. The SMILES string of the molecule is C[C@@H](Oc1ccc(Cl)cc1)C(=O)Nc1cccc(F)c1. The van der Waals surface area contributed by atoms with Gasteiger partial charge in [-0.25, -0.2) is 4.39 Å². The normalized spacial score (nSPS) is 11.8. The highest BCUT2D eigenvalue weighted by Gasteiger charge is 2.15. The third-order valence-corrected chi connectivity index (χ3v) is 2.84. The number of amides is 1. The van der Waals surface area contributed by atoms with E-state index in [1.807, 2.05) is 0 Å². The van der Waals surface area contributed by atoms with Gasteiger partial charge in [-0.2, -0.15) is 0 Å². The van der Waals surface area contributed by atoms with Gasteiger partial charge in [0.15, 0.2) is 6.10 Å². The summed E-state index contributed by atoms with van der Waals surface area (Å²) in [7, 11) is 0. The molecule has 0 unspecified atom stereocenters. The molecule has 20 heavy (non-hydrogen) atoms. The molecular formula is C15H13ClFNO2. The molecule has 1 amide bonds. The van der Waals surface area contributed by atoms with Crippen LogP contribution in [0.1, 0.15) is 6.92 Å². The molecule has 5 heteroatoms. The molecule has 0 saturated heterocycles. The smallest absolute Gasteiger partial charge is 0.265 e. The number of anilines is 1. The summed E-state index contributed by atoms with van der Waals surface area (Å²) in [5, 5.41) is 3.18. The van der Waals surface area contributed by atoms with Crippen LogP contribution in [-0.4, -0.2) is 12.0 Å². The highest BCUT2D eigenvalue weighted by atomic mass is 35.5. The van der Waals surface area contributed by atoms with Gasteiger partial charge in [0.05, 0.1) is 0 Å². The predicted molar refractivity (Wildman–Crippen MR) is 76.6 cm³/mol. The summed E-state index contributed by atoms with van der Waals surface area (Å²) in [6, 6.07) is 12.4. The maximum atomic E-state index is 13.0. The van der Waals surface area contributed by atoms with E-state index in [0.717, 1.165) is 0 Å². The van der Waals surface area contributed by atoms with Gasteiger partial charge in [-0.1, -0.05) is 17.7 Å². The zero-order valence-corrected chi connectivity index (χ0v) is 11.5. The number of hydrogen-bond acceptors (Lipinski definition) is 2. The van der Waals surface area contributed by atoms with Crippen molar-refractivity contribution in [1.82, 2.24) is 0 Å². The number of nitrogens with one attached hydrogen (secondary N) is 1. The van der Waals surface area contributed by atoms with Crippen LogP contribution in [-0.2, 0) is 4.79 Å². The van der Waals surface area contributed by atoms with Crippen LogP contribution < -0.4 is 10.1 Å². The van der Waals surface area contributed by atoms with E-state index in [-0.39, 0.29) is 5.91 Å². The second-order valence-corrected chi connectivity index (χ2v) is 4.65. The van der Waals surface area contributed by atoms with Crippen molar-refractivity contribution in [2.75, 3.05) is 5.32 Å². The standard InChI is InChI=1S/C15H13ClFNO2/c1-10(20-14-7-5-11(16)6-8-14)15(19)18-13-4-2-3-12(17)9-13/h2-10H,1H3,(H,18,19)/t10-/m1/s1. The average Bonchev–Trinajstić information content (AvgIpc) is 2.41. The lowest BCUT2D eigenvalue weighted by atomic mass is 10.3. The van der Waals surface area contributed by atoms with Crippen molar-refractivity contribution in [3.05, 3.63) is 59.4 Å². The van der Waals surface area contributed by atoms with Gasteiger partial charge >= 0.3 is 0 Å². The van der Waals surface area contributed by atoms with E-state index in [0.29, 0.717) is 16.5 Å². The number of ether oxygens (including phenoxy) is 1. The van der Waals surface area contributed by atoms with Crippen LogP contribution in [0.3, 0.4) is 0 Å². The minimum atomic E-state index is -0.709. The third kappa shape index (κ3) is 3.96. The van der Waals surface area contributed by atoms with Crippen LogP contribution in [0.25, 0.3) is 0 Å². The van der Waals surface area contributed by atoms with Crippen LogP contribution in [0.15, 0.2) is 48.5 Å². The molecule has 0 spiro atoms. The Labute approximate surface area is 121 Å². The molecule has 0 bridgehead atoms. The summed E-state index contributed by atoms with van der Waals surface area (Å²) in [5.74, 6) is -0.226. The predicted octanol–water partition coefficient (Wildman–Crippen LogP) is 3.89. The lowest BCUT2D eigenvalue weighted by Crippen LogP contribution is -2.30. The van der Waals surface area contributed by atoms with Crippen LogP contribution in [0.5, 0.6) is 5.75 Å². The van der Waals surface area contributed by atoms with Gasteiger partial charge < -0.3 is 10.1 Å². The Kier molecular flexibility index (Phi) is 4.58. The summed E-state index contributed by atoms with van der Waals surface area (Å²) in [6.07, 6.45) is -0.709. The first-order valence-electron chi connectivity index (χ1n) is 6.03. The first-order valence-corrected chi connectivity index (χ1v) is 6.41. The second-order valence-electron chi connectivity index (χ2n) is 4.21. The molecule has 2 aromatic rings. The molecule has 0 aliphatic carbocycles. The maximum absolute atomic E-state index is 13.0. The first kappa shape index (κ1) is 14.3. The van der Waals surface area contributed by atoms with Gasteiger partial charge in [0.25, 0.3) is 5.91 Å². The summed E-state index contributed by atoms with van der Waals surface area (Å²) < 4.78 is 18.5. The van der Waals surface area contributed by atoms with Crippen molar-refractivity contribution in [1.29, 1.82) is 0 Å². The first-order chi connectivity index (χ1) is 9.54. The van der Waals surface area contributed by atoms with Crippen LogP contribution >= 0.6 is 11.6 Å². The highest BCUT2D eigenvalue weighted by molar-refractivity contribution is 6.30. The van der Waals surface area contributed by atoms with Crippen LogP contribution in [0.4, 0.5) is 10.1 Å². The van der Waals surface area contributed by atoms with Crippen molar-refractivity contribution in [2.24, 2.45) is 0 Å².